The van der Waals surface area contributed by atoms with Gasteiger partial charge in [-0.3, -0.25) is 0 Å². The van der Waals surface area contributed by atoms with Gasteiger partial charge in [0.1, 0.15) is 10.0 Å². The van der Waals surface area contributed by atoms with Gasteiger partial charge in [-0.05, 0) is 29.8 Å². The van der Waals surface area contributed by atoms with E-state index in [0.717, 1.165) is 18.3 Å². The van der Waals surface area contributed by atoms with E-state index in [9.17, 15) is 17.2 Å². The molecule has 4 nitrogen and oxygen atoms in total. The molecule has 1 heterocycles. The van der Waals surface area contributed by atoms with Gasteiger partial charge in [-0.15, -0.1) is 0 Å². The number of hydrogen-bond donors (Lipinski definition) is 1. The lowest BCUT2D eigenvalue weighted by Crippen LogP contribution is -2.23. The van der Waals surface area contributed by atoms with E-state index >= 15 is 0 Å². The highest BCUT2D eigenvalue weighted by Crippen LogP contribution is 2.12. The monoisotopic (exact) mass is 318 g/mol. The maximum absolute atomic E-state index is 13.0. The van der Waals surface area contributed by atoms with Gasteiger partial charge in [-0.25, -0.2) is 26.9 Å². The molecular weight excluding hydrogens is 310 g/mol. The first-order valence-electron chi connectivity index (χ1n) is 5.43. The SMILES string of the molecule is O=S(=O)(NCc1ccc(F)c(F)c1)c1ccc(Cl)nc1. The van der Waals surface area contributed by atoms with Crippen molar-refractivity contribution in [2.45, 2.75) is 11.4 Å². The van der Waals surface area contributed by atoms with E-state index in [1.807, 2.05) is 0 Å². The van der Waals surface area contributed by atoms with E-state index in [4.69, 9.17) is 11.6 Å². The summed E-state index contributed by atoms with van der Waals surface area (Å²) in [5.74, 6) is -2.02. The number of rotatable bonds is 4. The fraction of sp³-hybridized carbons (Fsp3) is 0.0833. The molecule has 0 aliphatic carbocycles. The molecule has 0 unspecified atom stereocenters. The number of sulfonamides is 1. The molecule has 8 heteroatoms. The first-order valence-corrected chi connectivity index (χ1v) is 7.30. The van der Waals surface area contributed by atoms with Gasteiger partial charge in [-0.1, -0.05) is 17.7 Å². The Labute approximate surface area is 119 Å². The molecule has 0 spiro atoms. The second-order valence-corrected chi connectivity index (χ2v) is 6.04. The predicted octanol–water partition coefficient (Wildman–Crippen LogP) is 2.49. The van der Waals surface area contributed by atoms with Crippen LogP contribution < -0.4 is 4.72 Å². The topological polar surface area (TPSA) is 59.1 Å². The number of halogens is 3. The third-order valence-corrected chi connectivity index (χ3v) is 4.07. The van der Waals surface area contributed by atoms with Crippen molar-refractivity contribution in [2.75, 3.05) is 0 Å². The van der Waals surface area contributed by atoms with E-state index in [0.29, 0.717) is 5.56 Å². The summed E-state index contributed by atoms with van der Waals surface area (Å²) in [6.45, 7) is -0.165. The molecule has 0 saturated heterocycles. The largest absolute Gasteiger partial charge is 0.243 e. The normalized spacial score (nSPS) is 11.6. The van der Waals surface area contributed by atoms with E-state index < -0.39 is 21.7 Å². The van der Waals surface area contributed by atoms with Crippen molar-refractivity contribution >= 4 is 21.6 Å². The van der Waals surface area contributed by atoms with E-state index in [1.165, 1.54) is 18.2 Å². The van der Waals surface area contributed by atoms with Crippen LogP contribution in [-0.4, -0.2) is 13.4 Å². The second kappa shape index (κ2) is 5.82. The van der Waals surface area contributed by atoms with Crippen LogP contribution in [0.3, 0.4) is 0 Å². The van der Waals surface area contributed by atoms with Crippen molar-refractivity contribution in [1.82, 2.24) is 9.71 Å². The Kier molecular flexibility index (Phi) is 4.32. The average molecular weight is 319 g/mol. The van der Waals surface area contributed by atoms with Gasteiger partial charge in [0.25, 0.3) is 0 Å². The molecule has 106 valence electrons. The Hall–Kier alpha value is -1.57. The van der Waals surface area contributed by atoms with Gasteiger partial charge in [0.2, 0.25) is 10.0 Å². The van der Waals surface area contributed by atoms with Crippen molar-refractivity contribution in [3.8, 4) is 0 Å². The van der Waals surface area contributed by atoms with Crippen LogP contribution >= 0.6 is 11.6 Å². The molecule has 0 aliphatic heterocycles. The van der Waals surface area contributed by atoms with Crippen LogP contribution in [0.2, 0.25) is 5.15 Å². The molecule has 20 heavy (non-hydrogen) atoms. The lowest BCUT2D eigenvalue weighted by Gasteiger charge is -2.07. The van der Waals surface area contributed by atoms with Gasteiger partial charge in [0.15, 0.2) is 11.6 Å². The third-order valence-electron chi connectivity index (χ3n) is 2.46. The van der Waals surface area contributed by atoms with E-state index in [-0.39, 0.29) is 16.6 Å². The number of pyridine rings is 1. The van der Waals surface area contributed by atoms with Crippen molar-refractivity contribution in [1.29, 1.82) is 0 Å². The molecule has 0 saturated carbocycles. The highest BCUT2D eigenvalue weighted by molar-refractivity contribution is 7.89. The van der Waals surface area contributed by atoms with Crippen molar-refractivity contribution in [3.05, 3.63) is 58.9 Å². The molecule has 0 bridgehead atoms. The molecule has 0 radical (unpaired) electrons. The Bertz CT molecular complexity index is 721. The summed E-state index contributed by atoms with van der Waals surface area (Å²) in [6, 6.07) is 5.79. The van der Waals surface area contributed by atoms with Crippen LogP contribution in [0, 0.1) is 11.6 Å². The number of aromatic nitrogens is 1. The van der Waals surface area contributed by atoms with Crippen LogP contribution in [0.15, 0.2) is 41.4 Å². The number of hydrogen-bond acceptors (Lipinski definition) is 3. The molecule has 0 amide bonds. The smallest absolute Gasteiger partial charge is 0.242 e. The molecule has 1 aromatic carbocycles. The summed E-state index contributed by atoms with van der Waals surface area (Å²) in [4.78, 5) is 3.60. The molecular formula is C12H9ClF2N2O2S. The minimum Gasteiger partial charge on any atom is -0.243 e. The van der Waals surface area contributed by atoms with E-state index in [1.54, 1.807) is 0 Å². The summed E-state index contributed by atoms with van der Waals surface area (Å²) in [7, 11) is -3.79. The standard InChI is InChI=1S/C12H9ClF2N2O2S/c13-12-4-2-9(7-16-12)20(18,19)17-6-8-1-3-10(14)11(15)5-8/h1-5,7,17H,6H2. The number of nitrogens with zero attached hydrogens (tertiary/aromatic N) is 1. The lowest BCUT2D eigenvalue weighted by molar-refractivity contribution is 0.506. The zero-order valence-corrected chi connectivity index (χ0v) is 11.5. The van der Waals surface area contributed by atoms with Crippen molar-refractivity contribution in [3.63, 3.8) is 0 Å². The predicted molar refractivity (Wildman–Crippen MR) is 69.6 cm³/mol. The van der Waals surface area contributed by atoms with Crippen LogP contribution in [0.25, 0.3) is 0 Å². The van der Waals surface area contributed by atoms with Gasteiger partial charge < -0.3 is 0 Å². The molecule has 1 N–H and O–H groups in total. The summed E-state index contributed by atoms with van der Waals surface area (Å²) in [6.07, 6.45) is 1.11. The van der Waals surface area contributed by atoms with Gasteiger partial charge in [-0.2, -0.15) is 0 Å². The summed E-state index contributed by atoms with van der Waals surface area (Å²) < 4.78 is 51.8. The highest BCUT2D eigenvalue weighted by atomic mass is 35.5. The molecule has 0 atom stereocenters. The van der Waals surface area contributed by atoms with Crippen molar-refractivity contribution < 1.29 is 17.2 Å². The lowest BCUT2D eigenvalue weighted by atomic mass is 10.2. The molecule has 2 aromatic rings. The Morgan fingerprint density at radius 1 is 1.15 bits per heavy atom. The molecule has 0 aliphatic rings. The summed E-state index contributed by atoms with van der Waals surface area (Å²) >= 11 is 5.56. The maximum Gasteiger partial charge on any atom is 0.242 e. The number of benzene rings is 1. The van der Waals surface area contributed by atoms with Gasteiger partial charge in [0, 0.05) is 12.7 Å². The fourth-order valence-corrected chi connectivity index (χ4v) is 2.51. The van der Waals surface area contributed by atoms with Crippen LogP contribution in [-0.2, 0) is 16.6 Å². The van der Waals surface area contributed by atoms with E-state index in [2.05, 4.69) is 9.71 Å². The minimum absolute atomic E-state index is 0.0653. The molecule has 2 rings (SSSR count). The summed E-state index contributed by atoms with van der Waals surface area (Å²) in [5, 5.41) is 0.171. The Morgan fingerprint density at radius 3 is 2.50 bits per heavy atom. The van der Waals surface area contributed by atoms with Crippen LogP contribution in [0.1, 0.15) is 5.56 Å². The third kappa shape index (κ3) is 3.50. The van der Waals surface area contributed by atoms with Gasteiger partial charge >= 0.3 is 0 Å². The first-order chi connectivity index (χ1) is 9.38. The van der Waals surface area contributed by atoms with Gasteiger partial charge in [0.05, 0.1) is 0 Å². The Morgan fingerprint density at radius 2 is 1.90 bits per heavy atom. The second-order valence-electron chi connectivity index (χ2n) is 3.89. The van der Waals surface area contributed by atoms with Crippen LogP contribution in [0.5, 0.6) is 0 Å². The number of nitrogens with one attached hydrogen (secondary N) is 1. The minimum atomic E-state index is -3.79. The zero-order valence-electron chi connectivity index (χ0n) is 9.98. The zero-order chi connectivity index (χ0) is 14.8. The van der Waals surface area contributed by atoms with Crippen LogP contribution in [0.4, 0.5) is 8.78 Å². The first kappa shape index (κ1) is 14.8. The summed E-state index contributed by atoms with van der Waals surface area (Å²) in [5.41, 5.74) is 0.300. The quantitative estimate of drug-likeness (QED) is 0.881. The Balaban J connectivity index is 2.13. The molecule has 1 aromatic heterocycles. The van der Waals surface area contributed by atoms with Crippen molar-refractivity contribution in [2.24, 2.45) is 0 Å². The average Bonchev–Trinajstić information content (AvgIpc) is 2.41. The fourth-order valence-electron chi connectivity index (χ4n) is 1.43. The maximum atomic E-state index is 13.0. The highest BCUT2D eigenvalue weighted by Gasteiger charge is 2.14. The molecule has 0 fully saturated rings.